The molecule has 1 fully saturated rings. The average Bonchev–Trinajstić information content (AvgIpc) is 2.28. The molecule has 1 heterocycles. The molecule has 0 saturated carbocycles. The molecule has 96 valence electrons. The molecule has 0 aromatic heterocycles. The van der Waals surface area contributed by atoms with Crippen LogP contribution in [0.25, 0.3) is 0 Å². The predicted octanol–water partition coefficient (Wildman–Crippen LogP) is 2.17. The van der Waals surface area contributed by atoms with Crippen LogP contribution in [0.3, 0.4) is 0 Å². The van der Waals surface area contributed by atoms with Crippen molar-refractivity contribution in [1.29, 1.82) is 0 Å². The molecule has 0 bridgehead atoms. The number of hydrogen-bond acceptors (Lipinski definition) is 3. The van der Waals surface area contributed by atoms with Crippen LogP contribution in [0.1, 0.15) is 38.5 Å². The maximum atomic E-state index is 12.3. The summed E-state index contributed by atoms with van der Waals surface area (Å²) in [5, 5.41) is 0. The fraction of sp³-hybridized carbons (Fsp3) is 0.786. The number of likely N-dealkylation sites (N-methyl/N-ethyl adjacent to an activating group) is 1. The molecular weight excluding hydrogens is 214 g/mol. The fourth-order valence-corrected chi connectivity index (χ4v) is 2.56. The minimum absolute atomic E-state index is 0.223. The van der Waals surface area contributed by atoms with Crippen molar-refractivity contribution >= 4 is 5.78 Å². The summed E-state index contributed by atoms with van der Waals surface area (Å²) in [6, 6.07) is 0. The van der Waals surface area contributed by atoms with Crippen LogP contribution < -0.4 is 0 Å². The third-order valence-corrected chi connectivity index (χ3v) is 3.67. The zero-order chi connectivity index (χ0) is 12.1. The molecule has 0 spiro atoms. The summed E-state index contributed by atoms with van der Waals surface area (Å²) < 4.78 is 5.60. The first-order valence-electron chi connectivity index (χ1n) is 6.81. The Morgan fingerprint density at radius 3 is 3.00 bits per heavy atom. The molecule has 1 aliphatic heterocycles. The van der Waals surface area contributed by atoms with Crippen LogP contribution in [0.5, 0.6) is 0 Å². The first-order valence-corrected chi connectivity index (χ1v) is 6.81. The second-order valence-electron chi connectivity index (χ2n) is 5.17. The molecule has 2 aliphatic rings. The Morgan fingerprint density at radius 2 is 2.18 bits per heavy atom. The molecule has 2 rings (SSSR count). The summed E-state index contributed by atoms with van der Waals surface area (Å²) in [5.74, 6) is 0.235. The SMILES string of the molecule is CN1CCOC(C(=O)C2=CCCCCCC2)C1. The van der Waals surface area contributed by atoms with Crippen molar-refractivity contribution in [2.75, 3.05) is 26.7 Å². The number of carbonyl (C=O) groups excluding carboxylic acids is 1. The zero-order valence-electron chi connectivity index (χ0n) is 10.8. The van der Waals surface area contributed by atoms with Gasteiger partial charge in [-0.3, -0.25) is 4.79 Å². The Bertz CT molecular complexity index is 299. The minimum atomic E-state index is -0.223. The summed E-state index contributed by atoms with van der Waals surface area (Å²) in [5.41, 5.74) is 1.02. The van der Waals surface area contributed by atoms with Gasteiger partial charge in [-0.1, -0.05) is 18.9 Å². The number of hydrogen-bond donors (Lipinski definition) is 0. The third kappa shape index (κ3) is 3.65. The summed E-state index contributed by atoms with van der Waals surface area (Å²) >= 11 is 0. The maximum absolute atomic E-state index is 12.3. The Kier molecular flexibility index (Phi) is 4.75. The number of ketones is 1. The number of allylic oxidation sites excluding steroid dienone is 1. The van der Waals surface area contributed by atoms with E-state index in [1.807, 2.05) is 0 Å². The Hall–Kier alpha value is -0.670. The van der Waals surface area contributed by atoms with E-state index in [4.69, 9.17) is 4.74 Å². The molecule has 0 aromatic carbocycles. The normalized spacial score (nSPS) is 28.1. The van der Waals surface area contributed by atoms with Crippen molar-refractivity contribution in [3.05, 3.63) is 11.6 Å². The molecule has 0 aromatic rings. The highest BCUT2D eigenvalue weighted by molar-refractivity contribution is 5.99. The highest BCUT2D eigenvalue weighted by Crippen LogP contribution is 2.20. The summed E-state index contributed by atoms with van der Waals surface area (Å²) in [6.07, 6.45) is 8.88. The molecule has 3 heteroatoms. The van der Waals surface area contributed by atoms with Crippen molar-refractivity contribution in [2.24, 2.45) is 0 Å². The van der Waals surface area contributed by atoms with E-state index in [2.05, 4.69) is 18.0 Å². The Balaban J connectivity index is 1.97. The number of morpholine rings is 1. The third-order valence-electron chi connectivity index (χ3n) is 3.67. The fourth-order valence-electron chi connectivity index (χ4n) is 2.56. The second kappa shape index (κ2) is 6.31. The molecule has 1 aliphatic carbocycles. The Morgan fingerprint density at radius 1 is 1.35 bits per heavy atom. The average molecular weight is 237 g/mol. The van der Waals surface area contributed by atoms with Crippen molar-refractivity contribution in [3.8, 4) is 0 Å². The van der Waals surface area contributed by atoms with Gasteiger partial charge in [0.1, 0.15) is 6.10 Å². The highest BCUT2D eigenvalue weighted by atomic mass is 16.5. The molecular formula is C14H23NO2. The van der Waals surface area contributed by atoms with Gasteiger partial charge >= 0.3 is 0 Å². The number of nitrogens with zero attached hydrogens (tertiary/aromatic N) is 1. The van der Waals surface area contributed by atoms with Crippen LogP contribution in [-0.4, -0.2) is 43.5 Å². The number of carbonyl (C=O) groups is 1. The lowest BCUT2D eigenvalue weighted by Crippen LogP contribution is -2.44. The lowest BCUT2D eigenvalue weighted by molar-refractivity contribution is -0.131. The number of Topliss-reactive ketones (excluding diaryl/α,β-unsaturated/α-hetero) is 1. The van der Waals surface area contributed by atoms with Crippen LogP contribution >= 0.6 is 0 Å². The maximum Gasteiger partial charge on any atom is 0.188 e. The van der Waals surface area contributed by atoms with Crippen molar-refractivity contribution in [2.45, 2.75) is 44.6 Å². The summed E-state index contributed by atoms with van der Waals surface area (Å²) in [4.78, 5) is 14.5. The van der Waals surface area contributed by atoms with E-state index < -0.39 is 0 Å². The standard InChI is InChI=1S/C14H23NO2/c1-15-9-10-17-13(11-15)14(16)12-7-5-3-2-4-6-8-12/h7,13H,2-6,8-11H2,1H3. The van der Waals surface area contributed by atoms with Crippen LogP contribution in [0.15, 0.2) is 11.6 Å². The van der Waals surface area contributed by atoms with Gasteiger partial charge in [-0.15, -0.1) is 0 Å². The predicted molar refractivity (Wildman–Crippen MR) is 68.0 cm³/mol. The first-order chi connectivity index (χ1) is 8.27. The molecule has 3 nitrogen and oxygen atoms in total. The number of rotatable bonds is 2. The van der Waals surface area contributed by atoms with Gasteiger partial charge in [0, 0.05) is 13.1 Å². The molecule has 0 radical (unpaired) electrons. The Labute approximate surface area is 104 Å². The lowest BCUT2D eigenvalue weighted by atomic mass is 9.94. The van der Waals surface area contributed by atoms with Gasteiger partial charge in [-0.25, -0.2) is 0 Å². The van der Waals surface area contributed by atoms with Gasteiger partial charge in [-0.2, -0.15) is 0 Å². The van der Waals surface area contributed by atoms with Crippen LogP contribution in [0.2, 0.25) is 0 Å². The van der Waals surface area contributed by atoms with Gasteiger partial charge in [0.2, 0.25) is 0 Å². The lowest BCUT2D eigenvalue weighted by Gasteiger charge is -2.29. The van der Waals surface area contributed by atoms with Crippen LogP contribution in [-0.2, 0) is 9.53 Å². The topological polar surface area (TPSA) is 29.5 Å². The monoisotopic (exact) mass is 237 g/mol. The smallest absolute Gasteiger partial charge is 0.188 e. The first kappa shape index (κ1) is 12.8. The van der Waals surface area contributed by atoms with E-state index in [1.54, 1.807) is 0 Å². The van der Waals surface area contributed by atoms with Crippen molar-refractivity contribution in [1.82, 2.24) is 4.90 Å². The van der Waals surface area contributed by atoms with E-state index in [0.717, 1.165) is 37.9 Å². The van der Waals surface area contributed by atoms with E-state index in [9.17, 15) is 4.79 Å². The summed E-state index contributed by atoms with van der Waals surface area (Å²) in [7, 11) is 2.05. The largest absolute Gasteiger partial charge is 0.367 e. The quantitative estimate of drug-likeness (QED) is 0.737. The summed E-state index contributed by atoms with van der Waals surface area (Å²) in [6.45, 7) is 2.36. The van der Waals surface area contributed by atoms with E-state index >= 15 is 0 Å². The molecule has 1 saturated heterocycles. The van der Waals surface area contributed by atoms with E-state index in [0.29, 0.717) is 6.61 Å². The molecule has 0 amide bonds. The van der Waals surface area contributed by atoms with Gasteiger partial charge in [0.05, 0.1) is 6.61 Å². The van der Waals surface area contributed by atoms with Gasteiger partial charge in [0.25, 0.3) is 0 Å². The molecule has 1 atom stereocenters. The molecule has 17 heavy (non-hydrogen) atoms. The minimum Gasteiger partial charge on any atom is -0.367 e. The van der Waals surface area contributed by atoms with Crippen molar-refractivity contribution in [3.63, 3.8) is 0 Å². The highest BCUT2D eigenvalue weighted by Gasteiger charge is 2.26. The number of ether oxygens (including phenoxy) is 1. The van der Waals surface area contributed by atoms with Gasteiger partial charge in [-0.05, 0) is 38.3 Å². The zero-order valence-corrected chi connectivity index (χ0v) is 10.8. The second-order valence-corrected chi connectivity index (χ2v) is 5.17. The molecule has 0 N–H and O–H groups in total. The van der Waals surface area contributed by atoms with Gasteiger partial charge in [0.15, 0.2) is 5.78 Å². The van der Waals surface area contributed by atoms with Crippen LogP contribution in [0, 0.1) is 0 Å². The van der Waals surface area contributed by atoms with Crippen LogP contribution in [0.4, 0.5) is 0 Å². The van der Waals surface area contributed by atoms with E-state index in [-0.39, 0.29) is 11.9 Å². The van der Waals surface area contributed by atoms with Gasteiger partial charge < -0.3 is 9.64 Å². The molecule has 1 unspecified atom stereocenters. The van der Waals surface area contributed by atoms with Crippen molar-refractivity contribution < 1.29 is 9.53 Å². The van der Waals surface area contributed by atoms with E-state index in [1.165, 1.54) is 19.3 Å².